The second-order valence-electron chi connectivity index (χ2n) is 8.14. The summed E-state index contributed by atoms with van der Waals surface area (Å²) >= 11 is 0. The fraction of sp³-hybridized carbons (Fsp3) is 0.304. The Morgan fingerprint density at radius 1 is 1.03 bits per heavy atom. The normalized spacial score (nSPS) is 19.5. The molecule has 1 aliphatic carbocycles. The topological polar surface area (TPSA) is 80.1 Å². The van der Waals surface area contributed by atoms with Gasteiger partial charge >= 0.3 is 0 Å². The van der Waals surface area contributed by atoms with Gasteiger partial charge in [-0.2, -0.15) is 5.10 Å². The van der Waals surface area contributed by atoms with Crippen molar-refractivity contribution in [2.24, 2.45) is 11.3 Å². The Bertz CT molecular complexity index is 1040. The molecule has 1 atom stereocenters. The number of hydrogen-bond donors (Lipinski definition) is 1. The number of aromatic nitrogens is 3. The lowest BCUT2D eigenvalue weighted by molar-refractivity contribution is -0.118. The van der Waals surface area contributed by atoms with E-state index in [4.69, 9.17) is 0 Å². The number of anilines is 1. The van der Waals surface area contributed by atoms with Crippen LogP contribution in [-0.4, -0.2) is 44.6 Å². The van der Waals surface area contributed by atoms with E-state index in [2.05, 4.69) is 15.4 Å². The second kappa shape index (κ2) is 7.40. The van der Waals surface area contributed by atoms with Crippen molar-refractivity contribution in [2.75, 3.05) is 18.4 Å². The zero-order valence-corrected chi connectivity index (χ0v) is 16.6. The van der Waals surface area contributed by atoms with Gasteiger partial charge < -0.3 is 10.2 Å². The number of amides is 2. The van der Waals surface area contributed by atoms with E-state index in [1.807, 2.05) is 41.4 Å². The minimum atomic E-state index is 0.0249. The first-order valence-corrected chi connectivity index (χ1v) is 10.2. The average Bonchev–Trinajstić information content (AvgIpc) is 3.21. The lowest BCUT2D eigenvalue weighted by Crippen LogP contribution is -2.40. The van der Waals surface area contributed by atoms with E-state index in [0.29, 0.717) is 18.7 Å². The van der Waals surface area contributed by atoms with Crippen LogP contribution in [0.5, 0.6) is 0 Å². The smallest absolute Gasteiger partial charge is 0.255 e. The van der Waals surface area contributed by atoms with Gasteiger partial charge in [0, 0.05) is 49.5 Å². The van der Waals surface area contributed by atoms with Crippen LogP contribution in [0.1, 0.15) is 29.6 Å². The highest BCUT2D eigenvalue weighted by Crippen LogP contribution is 2.59. The van der Waals surface area contributed by atoms with E-state index >= 15 is 0 Å². The predicted octanol–water partition coefficient (Wildman–Crippen LogP) is 3.15. The molecule has 1 aliphatic heterocycles. The van der Waals surface area contributed by atoms with E-state index < -0.39 is 0 Å². The number of carbonyl (C=O) groups excluding carboxylic acids is 2. The van der Waals surface area contributed by atoms with Gasteiger partial charge in [-0.05, 0) is 67.1 Å². The molecular weight excluding hydrogens is 378 g/mol. The highest BCUT2D eigenvalue weighted by molar-refractivity contribution is 5.96. The zero-order chi connectivity index (χ0) is 20.6. The number of rotatable bonds is 4. The third-order valence-electron chi connectivity index (χ3n) is 6.36. The third-order valence-corrected chi connectivity index (χ3v) is 6.36. The summed E-state index contributed by atoms with van der Waals surface area (Å²) in [6.45, 7) is 1.38. The number of pyridine rings is 1. The largest absolute Gasteiger partial charge is 0.339 e. The molecule has 2 aromatic heterocycles. The predicted molar refractivity (Wildman–Crippen MR) is 112 cm³/mol. The molecule has 152 valence electrons. The molecular formula is C23H23N5O2. The SMILES string of the molecule is O=C(Nc1ccc(-n2cccn2)cc1)[C@H]1CC12CCN(C(=O)c1cccnc1)CC2. The number of nitrogens with one attached hydrogen (secondary N) is 1. The van der Waals surface area contributed by atoms with Crippen molar-refractivity contribution >= 4 is 17.5 Å². The Labute approximate surface area is 174 Å². The van der Waals surface area contributed by atoms with Gasteiger partial charge in [-0.15, -0.1) is 0 Å². The molecule has 1 saturated carbocycles. The molecule has 1 N–H and O–H groups in total. The first-order valence-electron chi connectivity index (χ1n) is 10.2. The van der Waals surface area contributed by atoms with Crippen LogP contribution < -0.4 is 5.32 Å². The molecule has 0 radical (unpaired) electrons. The van der Waals surface area contributed by atoms with E-state index in [9.17, 15) is 9.59 Å². The Morgan fingerprint density at radius 2 is 1.83 bits per heavy atom. The number of benzene rings is 1. The van der Waals surface area contributed by atoms with Crippen LogP contribution in [0.2, 0.25) is 0 Å². The summed E-state index contributed by atoms with van der Waals surface area (Å²) in [4.78, 5) is 31.3. The second-order valence-corrected chi connectivity index (χ2v) is 8.14. The van der Waals surface area contributed by atoms with Crippen LogP contribution in [0.15, 0.2) is 67.3 Å². The Hall–Kier alpha value is -3.48. The summed E-state index contributed by atoms with van der Waals surface area (Å²) in [5.74, 6) is 0.129. The Balaban J connectivity index is 1.16. The maximum atomic E-state index is 12.8. The Morgan fingerprint density at radius 3 is 2.50 bits per heavy atom. The molecule has 0 unspecified atom stereocenters. The minimum Gasteiger partial charge on any atom is -0.339 e. The molecule has 2 amide bonds. The Kier molecular flexibility index (Phi) is 4.58. The zero-order valence-electron chi connectivity index (χ0n) is 16.6. The van der Waals surface area contributed by atoms with E-state index in [1.54, 1.807) is 35.4 Å². The molecule has 7 heteroatoms. The van der Waals surface area contributed by atoms with E-state index in [0.717, 1.165) is 30.6 Å². The van der Waals surface area contributed by atoms with Gasteiger partial charge in [0.05, 0.1) is 11.3 Å². The molecule has 3 aromatic rings. The quantitative estimate of drug-likeness (QED) is 0.728. The molecule has 30 heavy (non-hydrogen) atoms. The van der Waals surface area contributed by atoms with Crippen LogP contribution in [-0.2, 0) is 4.79 Å². The van der Waals surface area contributed by atoms with Gasteiger partial charge in [0.2, 0.25) is 5.91 Å². The average molecular weight is 401 g/mol. The molecule has 2 aliphatic rings. The van der Waals surface area contributed by atoms with Crippen LogP contribution >= 0.6 is 0 Å². The first kappa shape index (κ1) is 18.5. The minimum absolute atomic E-state index is 0.0249. The van der Waals surface area contributed by atoms with Crippen LogP contribution in [0, 0.1) is 11.3 Å². The number of piperidine rings is 1. The van der Waals surface area contributed by atoms with Crippen LogP contribution in [0.25, 0.3) is 5.69 Å². The molecule has 1 saturated heterocycles. The lowest BCUT2D eigenvalue weighted by Gasteiger charge is -2.32. The summed E-state index contributed by atoms with van der Waals surface area (Å²) in [5.41, 5.74) is 2.41. The maximum Gasteiger partial charge on any atom is 0.255 e. The van der Waals surface area contributed by atoms with E-state index in [1.165, 1.54) is 0 Å². The highest BCUT2D eigenvalue weighted by atomic mass is 16.2. The molecule has 3 heterocycles. The van der Waals surface area contributed by atoms with Crippen molar-refractivity contribution in [2.45, 2.75) is 19.3 Å². The summed E-state index contributed by atoms with van der Waals surface area (Å²) in [6, 6.07) is 13.1. The molecule has 2 fully saturated rings. The standard InChI is InChI=1S/C23H23N5O2/c29-21(26-18-4-6-19(7-5-18)28-12-2-11-25-28)20-15-23(20)8-13-27(14-9-23)22(30)17-3-1-10-24-16-17/h1-7,10-12,16,20H,8-9,13-15H2,(H,26,29)/t20-/m1/s1. The van der Waals surface area contributed by atoms with Crippen molar-refractivity contribution in [3.05, 3.63) is 72.8 Å². The van der Waals surface area contributed by atoms with Crippen molar-refractivity contribution in [1.82, 2.24) is 19.7 Å². The summed E-state index contributed by atoms with van der Waals surface area (Å²) < 4.78 is 1.78. The summed E-state index contributed by atoms with van der Waals surface area (Å²) in [5, 5.41) is 7.26. The van der Waals surface area contributed by atoms with Crippen LogP contribution in [0.4, 0.5) is 5.69 Å². The van der Waals surface area contributed by atoms with Crippen LogP contribution in [0.3, 0.4) is 0 Å². The fourth-order valence-electron chi connectivity index (χ4n) is 4.45. The van der Waals surface area contributed by atoms with Gasteiger partial charge in [0.15, 0.2) is 0 Å². The van der Waals surface area contributed by atoms with Crippen molar-refractivity contribution in [1.29, 1.82) is 0 Å². The molecule has 5 rings (SSSR count). The number of nitrogens with zero attached hydrogens (tertiary/aromatic N) is 4. The van der Waals surface area contributed by atoms with E-state index in [-0.39, 0.29) is 23.1 Å². The van der Waals surface area contributed by atoms with Gasteiger partial charge in [0.25, 0.3) is 5.91 Å². The highest BCUT2D eigenvalue weighted by Gasteiger charge is 2.58. The molecule has 1 aromatic carbocycles. The van der Waals surface area contributed by atoms with Gasteiger partial charge in [0.1, 0.15) is 0 Å². The number of hydrogen-bond acceptors (Lipinski definition) is 4. The van der Waals surface area contributed by atoms with Crippen molar-refractivity contribution in [3.63, 3.8) is 0 Å². The molecule has 0 bridgehead atoms. The number of carbonyl (C=O) groups is 2. The van der Waals surface area contributed by atoms with Gasteiger partial charge in [-0.3, -0.25) is 14.6 Å². The fourth-order valence-corrected chi connectivity index (χ4v) is 4.45. The van der Waals surface area contributed by atoms with Gasteiger partial charge in [-0.1, -0.05) is 0 Å². The van der Waals surface area contributed by atoms with Crippen molar-refractivity contribution in [3.8, 4) is 5.69 Å². The van der Waals surface area contributed by atoms with Gasteiger partial charge in [-0.25, -0.2) is 4.68 Å². The summed E-state index contributed by atoms with van der Waals surface area (Å²) in [6.07, 6.45) is 9.53. The maximum absolute atomic E-state index is 12.8. The summed E-state index contributed by atoms with van der Waals surface area (Å²) in [7, 11) is 0. The van der Waals surface area contributed by atoms with Crippen molar-refractivity contribution < 1.29 is 9.59 Å². The molecule has 1 spiro atoms. The number of likely N-dealkylation sites (tertiary alicyclic amines) is 1. The third kappa shape index (κ3) is 3.47. The monoisotopic (exact) mass is 401 g/mol. The first-order chi connectivity index (χ1) is 14.6. The molecule has 7 nitrogen and oxygen atoms in total. The lowest BCUT2D eigenvalue weighted by atomic mass is 9.90.